The van der Waals surface area contributed by atoms with Gasteiger partial charge in [0.1, 0.15) is 5.75 Å². The number of nitrogens with zero attached hydrogens (tertiary/aromatic N) is 1. The number of methoxy groups -OCH3 is 1. The quantitative estimate of drug-likeness (QED) is 0.599. The molecule has 0 aromatic heterocycles. The lowest BCUT2D eigenvalue weighted by Crippen LogP contribution is -2.30. The van der Waals surface area contributed by atoms with Crippen molar-refractivity contribution in [2.24, 2.45) is 0 Å². The van der Waals surface area contributed by atoms with Gasteiger partial charge in [0.15, 0.2) is 0 Å². The minimum Gasteiger partial charge on any atom is -0.496 e. The van der Waals surface area contributed by atoms with Crippen LogP contribution in [0.4, 0.5) is 0 Å². The second-order valence-corrected chi connectivity index (χ2v) is 5.54. The standard InChI is InChI=1S/C20H21NO4/c1-21(2)20(23)19(16-10-5-4-6-11-16)25-18(22)14-13-15-9-7-8-12-17(15)24-3/h4-14,19H,1-3H3/b14-13+/t19-/m1/s1. The summed E-state index contributed by atoms with van der Waals surface area (Å²) in [6, 6.07) is 16.2. The minimum atomic E-state index is -0.981. The lowest BCUT2D eigenvalue weighted by Gasteiger charge is -2.20. The van der Waals surface area contributed by atoms with Crippen LogP contribution in [0.3, 0.4) is 0 Å². The number of amides is 1. The molecule has 0 aliphatic heterocycles. The van der Waals surface area contributed by atoms with E-state index in [0.717, 1.165) is 5.56 Å². The molecule has 0 radical (unpaired) electrons. The topological polar surface area (TPSA) is 55.8 Å². The highest BCUT2D eigenvalue weighted by Gasteiger charge is 2.25. The molecule has 2 rings (SSSR count). The third-order valence-electron chi connectivity index (χ3n) is 3.54. The molecule has 2 aromatic carbocycles. The van der Waals surface area contributed by atoms with Crippen molar-refractivity contribution in [1.29, 1.82) is 0 Å². The Morgan fingerprint density at radius 2 is 1.64 bits per heavy atom. The van der Waals surface area contributed by atoms with Crippen LogP contribution in [-0.2, 0) is 14.3 Å². The highest BCUT2D eigenvalue weighted by Crippen LogP contribution is 2.21. The second kappa shape index (κ2) is 8.68. The molecular weight excluding hydrogens is 318 g/mol. The van der Waals surface area contributed by atoms with Gasteiger partial charge in [-0.1, -0.05) is 48.5 Å². The molecular formula is C20H21NO4. The average Bonchev–Trinajstić information content (AvgIpc) is 2.64. The lowest BCUT2D eigenvalue weighted by atomic mass is 10.1. The molecule has 25 heavy (non-hydrogen) atoms. The van der Waals surface area contributed by atoms with Crippen LogP contribution in [0.5, 0.6) is 5.75 Å². The van der Waals surface area contributed by atoms with Gasteiger partial charge in [-0.05, 0) is 12.1 Å². The molecule has 5 nitrogen and oxygen atoms in total. The first-order valence-electron chi connectivity index (χ1n) is 7.80. The number of hydrogen-bond acceptors (Lipinski definition) is 4. The molecule has 5 heteroatoms. The molecule has 0 unspecified atom stereocenters. The molecule has 1 atom stereocenters. The highest BCUT2D eigenvalue weighted by molar-refractivity contribution is 5.91. The van der Waals surface area contributed by atoms with E-state index >= 15 is 0 Å². The number of likely N-dealkylation sites (N-methyl/N-ethyl adjacent to an activating group) is 1. The Kier molecular flexibility index (Phi) is 6.34. The predicted octanol–water partition coefficient (Wildman–Crippen LogP) is 3.08. The van der Waals surface area contributed by atoms with E-state index in [1.54, 1.807) is 57.6 Å². The molecule has 0 saturated heterocycles. The maximum atomic E-state index is 12.4. The van der Waals surface area contributed by atoms with Gasteiger partial charge in [0.2, 0.25) is 6.10 Å². The third-order valence-corrected chi connectivity index (χ3v) is 3.54. The molecule has 0 fully saturated rings. The van der Waals surface area contributed by atoms with Crippen LogP contribution >= 0.6 is 0 Å². The van der Waals surface area contributed by atoms with Crippen molar-refractivity contribution in [3.63, 3.8) is 0 Å². The summed E-state index contributed by atoms with van der Waals surface area (Å²) in [5, 5.41) is 0. The molecule has 0 saturated carbocycles. The summed E-state index contributed by atoms with van der Waals surface area (Å²) in [6.45, 7) is 0. The van der Waals surface area contributed by atoms with Crippen molar-refractivity contribution in [2.75, 3.05) is 21.2 Å². The van der Waals surface area contributed by atoms with Gasteiger partial charge in [0.05, 0.1) is 7.11 Å². The van der Waals surface area contributed by atoms with Crippen molar-refractivity contribution >= 4 is 18.0 Å². The van der Waals surface area contributed by atoms with E-state index in [9.17, 15) is 9.59 Å². The smallest absolute Gasteiger partial charge is 0.331 e. The molecule has 1 amide bonds. The molecule has 0 aliphatic rings. The van der Waals surface area contributed by atoms with Crippen molar-refractivity contribution in [3.05, 3.63) is 71.8 Å². The van der Waals surface area contributed by atoms with Gasteiger partial charge in [-0.3, -0.25) is 4.79 Å². The normalized spacial score (nSPS) is 11.8. The minimum absolute atomic E-state index is 0.301. The zero-order valence-electron chi connectivity index (χ0n) is 14.5. The maximum Gasteiger partial charge on any atom is 0.331 e. The van der Waals surface area contributed by atoms with Crippen LogP contribution in [0.2, 0.25) is 0 Å². The zero-order valence-corrected chi connectivity index (χ0v) is 14.5. The predicted molar refractivity (Wildman–Crippen MR) is 96.0 cm³/mol. The van der Waals surface area contributed by atoms with Crippen LogP contribution in [-0.4, -0.2) is 38.0 Å². The fourth-order valence-corrected chi connectivity index (χ4v) is 2.24. The van der Waals surface area contributed by atoms with Crippen molar-refractivity contribution in [2.45, 2.75) is 6.10 Å². The number of esters is 1. The van der Waals surface area contributed by atoms with Gasteiger partial charge in [-0.2, -0.15) is 0 Å². The Hall–Kier alpha value is -3.08. The van der Waals surface area contributed by atoms with Crippen LogP contribution in [0.15, 0.2) is 60.7 Å². The third kappa shape index (κ3) is 4.94. The number of carbonyl (C=O) groups is 2. The van der Waals surface area contributed by atoms with Crippen molar-refractivity contribution in [1.82, 2.24) is 4.90 Å². The van der Waals surface area contributed by atoms with Gasteiger partial charge < -0.3 is 14.4 Å². The zero-order chi connectivity index (χ0) is 18.2. The molecule has 0 spiro atoms. The molecule has 0 heterocycles. The Balaban J connectivity index is 2.17. The SMILES string of the molecule is COc1ccccc1/C=C/C(=O)O[C@@H](C(=O)N(C)C)c1ccccc1. The van der Waals surface area contributed by atoms with Crippen LogP contribution in [0, 0.1) is 0 Å². The molecule has 0 bridgehead atoms. The van der Waals surface area contributed by atoms with E-state index in [0.29, 0.717) is 11.3 Å². The van der Waals surface area contributed by atoms with E-state index in [1.165, 1.54) is 11.0 Å². The Morgan fingerprint density at radius 1 is 1.00 bits per heavy atom. The molecule has 130 valence electrons. The number of carbonyl (C=O) groups excluding carboxylic acids is 2. The van der Waals surface area contributed by atoms with Gasteiger partial charge in [0.25, 0.3) is 5.91 Å². The number of benzene rings is 2. The monoisotopic (exact) mass is 339 g/mol. The number of ether oxygens (including phenoxy) is 2. The summed E-state index contributed by atoms with van der Waals surface area (Å²) in [7, 11) is 4.81. The average molecular weight is 339 g/mol. The lowest BCUT2D eigenvalue weighted by molar-refractivity contribution is -0.155. The summed E-state index contributed by atoms with van der Waals surface area (Å²) < 4.78 is 10.6. The first kappa shape index (κ1) is 18.3. The molecule has 2 aromatic rings. The Morgan fingerprint density at radius 3 is 2.28 bits per heavy atom. The molecule has 0 N–H and O–H groups in total. The van der Waals surface area contributed by atoms with E-state index in [-0.39, 0.29) is 5.91 Å². The fraction of sp³-hybridized carbons (Fsp3) is 0.200. The summed E-state index contributed by atoms with van der Waals surface area (Å²) >= 11 is 0. The van der Waals surface area contributed by atoms with Gasteiger partial charge in [-0.25, -0.2) is 4.79 Å². The Bertz CT molecular complexity index is 753. The van der Waals surface area contributed by atoms with E-state index in [1.807, 2.05) is 24.3 Å². The first-order valence-corrected chi connectivity index (χ1v) is 7.80. The van der Waals surface area contributed by atoms with E-state index in [2.05, 4.69) is 0 Å². The summed E-state index contributed by atoms with van der Waals surface area (Å²) in [4.78, 5) is 26.0. The van der Waals surface area contributed by atoms with Gasteiger partial charge in [0, 0.05) is 31.3 Å². The van der Waals surface area contributed by atoms with Crippen LogP contribution in [0.25, 0.3) is 6.08 Å². The number of para-hydroxylation sites is 1. The maximum absolute atomic E-state index is 12.4. The second-order valence-electron chi connectivity index (χ2n) is 5.54. The highest BCUT2D eigenvalue weighted by atomic mass is 16.5. The Labute approximate surface area is 147 Å². The van der Waals surface area contributed by atoms with Crippen LogP contribution < -0.4 is 4.74 Å². The van der Waals surface area contributed by atoms with Gasteiger partial charge in [-0.15, -0.1) is 0 Å². The number of rotatable bonds is 6. The first-order chi connectivity index (χ1) is 12.0. The fourth-order valence-electron chi connectivity index (χ4n) is 2.24. The van der Waals surface area contributed by atoms with E-state index < -0.39 is 12.1 Å². The van der Waals surface area contributed by atoms with Crippen LogP contribution in [0.1, 0.15) is 17.2 Å². The molecule has 0 aliphatic carbocycles. The summed E-state index contributed by atoms with van der Waals surface area (Å²) in [6.07, 6.45) is 1.91. The van der Waals surface area contributed by atoms with Gasteiger partial charge >= 0.3 is 5.97 Å². The van der Waals surface area contributed by atoms with E-state index in [4.69, 9.17) is 9.47 Å². The summed E-state index contributed by atoms with van der Waals surface area (Å²) in [5.74, 6) is -0.254. The van der Waals surface area contributed by atoms with Crippen molar-refractivity contribution in [3.8, 4) is 5.75 Å². The number of hydrogen-bond donors (Lipinski definition) is 0. The van der Waals surface area contributed by atoms with Crippen molar-refractivity contribution < 1.29 is 19.1 Å². The largest absolute Gasteiger partial charge is 0.496 e. The summed E-state index contributed by atoms with van der Waals surface area (Å²) in [5.41, 5.74) is 1.37.